The van der Waals surface area contributed by atoms with Crippen LogP contribution >= 0.6 is 45.3 Å². The maximum absolute atomic E-state index is 6.62. The molecule has 0 aliphatic rings. The topological polar surface area (TPSA) is 139 Å². The van der Waals surface area contributed by atoms with Gasteiger partial charge in [-0.1, -0.05) is 103 Å². The minimum atomic E-state index is 0.613. The summed E-state index contributed by atoms with van der Waals surface area (Å²) in [4.78, 5) is 20.9. The molecule has 16 nitrogen and oxygen atoms in total. The molecule has 131 heavy (non-hydrogen) atoms. The third-order valence-corrected chi connectivity index (χ3v) is 31.1. The van der Waals surface area contributed by atoms with Gasteiger partial charge in [0.15, 0.2) is 38.9 Å². The fourth-order valence-electron chi connectivity index (χ4n) is 19.7. The van der Waals surface area contributed by atoms with Crippen molar-refractivity contribution in [2.75, 3.05) is 0 Å². The average Bonchev–Trinajstić information content (AvgIpc) is 1.60. The lowest BCUT2D eigenvalue weighted by atomic mass is 10.0. The van der Waals surface area contributed by atoms with Crippen molar-refractivity contribution in [1.82, 2.24) is 38.2 Å². The number of hydrogen-bond acceptors (Lipinski definition) is 12. The standard InChI is InChI=1S/C30H24N3O2.C27H24N3O2.2C27H24N3S2/c1-17-9-5-6-10-22(17)33-24-12-8-7-11-23(24)32(4)30(33)25-18(2)13-15-20-26(25)34-28-21-16-14-19(3)31-29(21)35-27(20)28;1-15-7-6-8-16(2)23(15)30-12-11-29(5)27(30)20-14-22-21(13-17(20)3)25-24(31-22)19-10-9-18(4)28-26(19)32-25;1-15-9-11-19-23(31-25-20-12-10-18(4)28-26(20)32-24(19)25)21(15)27-29(5)13-14-30(27)22-16(2)7-6-8-17(22)3;1-15-7-6-8-16(2)23(15)30-12-11-29(5)27(30)20-14-22-21(13-17(20)3)25-24(31-22)19-10-9-18(4)28-26(19)32-25/h5-16H,1-4H3;3*6-14H,1-5H3/q4*+1. The van der Waals surface area contributed by atoms with E-state index in [1.807, 2.05) is 83.5 Å². The van der Waals surface area contributed by atoms with E-state index in [4.69, 9.17) is 27.6 Å². The molecule has 0 spiro atoms. The fraction of sp³-hybridized carbons (Fsp3) is 0.171. The van der Waals surface area contributed by atoms with Crippen LogP contribution in [0.3, 0.4) is 0 Å². The molecule has 0 amide bonds. The maximum atomic E-state index is 6.62. The Bertz CT molecular complexity index is 8770. The summed E-state index contributed by atoms with van der Waals surface area (Å²) in [7, 11) is 8.49. The minimum absolute atomic E-state index is 0.613. The summed E-state index contributed by atoms with van der Waals surface area (Å²) < 4.78 is 51.6. The van der Waals surface area contributed by atoms with Crippen molar-refractivity contribution in [3.63, 3.8) is 0 Å². The highest BCUT2D eigenvalue weighted by Gasteiger charge is 2.35. The number of hydrogen-bond donors (Lipinski definition) is 0. The largest absolute Gasteiger partial charge is 0.452 e. The molecule has 20 heteroatoms. The first kappa shape index (κ1) is 82.4. The highest BCUT2D eigenvalue weighted by Crippen LogP contribution is 2.51. The molecule has 0 unspecified atom stereocenters. The third kappa shape index (κ3) is 13.4. The van der Waals surface area contributed by atoms with Crippen LogP contribution in [-0.2, 0) is 28.2 Å². The smallest absolute Gasteiger partial charge is 0.298 e. The second-order valence-corrected chi connectivity index (χ2v) is 39.4. The van der Waals surface area contributed by atoms with Crippen LogP contribution in [0.5, 0.6) is 0 Å². The van der Waals surface area contributed by atoms with E-state index in [0.717, 1.165) is 138 Å². The van der Waals surface area contributed by atoms with E-state index in [9.17, 15) is 0 Å². The van der Waals surface area contributed by atoms with E-state index in [2.05, 4.69) is 378 Å². The molecule has 25 rings (SSSR count). The van der Waals surface area contributed by atoms with Crippen LogP contribution in [0, 0.1) is 104 Å². The van der Waals surface area contributed by atoms with Crippen LogP contribution in [-0.4, -0.2) is 38.2 Å². The van der Waals surface area contributed by atoms with Gasteiger partial charge in [-0.05, 0) is 262 Å². The molecule has 0 fully saturated rings. The lowest BCUT2D eigenvalue weighted by Crippen LogP contribution is -2.30. The first-order chi connectivity index (χ1) is 63.3. The number of nitrogens with zero attached hydrogens (tertiary/aromatic N) is 12. The number of pyridine rings is 4. The highest BCUT2D eigenvalue weighted by molar-refractivity contribution is 7.37. The zero-order valence-electron chi connectivity index (χ0n) is 76.6. The van der Waals surface area contributed by atoms with Gasteiger partial charge in [-0.15, -0.1) is 45.3 Å². The molecular formula is C111H96N12O4S4+4. The van der Waals surface area contributed by atoms with Gasteiger partial charge >= 0.3 is 0 Å². The molecule has 9 aromatic carbocycles. The van der Waals surface area contributed by atoms with Gasteiger partial charge in [0.2, 0.25) is 11.4 Å². The van der Waals surface area contributed by atoms with Crippen molar-refractivity contribution in [3.05, 3.63) is 321 Å². The van der Waals surface area contributed by atoms with Crippen molar-refractivity contribution < 1.29 is 35.9 Å². The SMILES string of the molecule is Cc1ccc2c(n1)oc1c3cc(C)c(-c4n(-c5c(C)cccc5C)cc[n+]4C)cc3oc21.Cc1ccc2c(n1)oc1c3ccc(C)c(-c4n(-c5ccccc5C)c5ccccc5[n+]4C)c3oc21.Cc1ccc2c(n1)sc1c3cc(C)c(-c4n(-c5c(C)cccc5C)cc[n+]4C)cc3sc21.Cc1ccc2c(n1)sc1c3ccc(C)c(-c4n(-c5c(C)cccc5C)cc[n+]4C)c3sc21. The second kappa shape index (κ2) is 31.5. The second-order valence-electron chi connectivity index (χ2n) is 35.3. The molecule has 0 bridgehead atoms. The van der Waals surface area contributed by atoms with E-state index < -0.39 is 0 Å². The number of para-hydroxylation sites is 6. The predicted molar refractivity (Wildman–Crippen MR) is 540 cm³/mol. The molecule has 0 aliphatic carbocycles. The van der Waals surface area contributed by atoms with E-state index in [0.29, 0.717) is 11.4 Å². The van der Waals surface area contributed by atoms with Gasteiger partial charge in [0, 0.05) is 49.0 Å². The molecule has 0 atom stereocenters. The zero-order chi connectivity index (χ0) is 90.3. The Hall–Kier alpha value is -14.3. The highest BCUT2D eigenvalue weighted by atomic mass is 32.1. The van der Waals surface area contributed by atoms with Crippen molar-refractivity contribution >= 4 is 182 Å². The van der Waals surface area contributed by atoms with Crippen molar-refractivity contribution in [1.29, 1.82) is 0 Å². The Morgan fingerprint density at radius 1 is 0.290 bits per heavy atom. The van der Waals surface area contributed by atoms with E-state index >= 15 is 0 Å². The molecule has 25 aromatic rings. The molecule has 0 N–H and O–H groups in total. The minimum Gasteiger partial charge on any atom is -0.452 e. The Balaban J connectivity index is 0.000000102. The normalized spacial score (nSPS) is 11.9. The van der Waals surface area contributed by atoms with Crippen molar-refractivity contribution in [3.8, 4) is 68.3 Å². The Kier molecular flexibility index (Phi) is 19.8. The molecule has 644 valence electrons. The average molecular weight is 1790 g/mol. The molecule has 16 heterocycles. The lowest BCUT2D eigenvalue weighted by Gasteiger charge is -2.11. The lowest BCUT2D eigenvalue weighted by molar-refractivity contribution is -0.659. The molecule has 0 saturated heterocycles. The summed E-state index contributed by atoms with van der Waals surface area (Å²) in [5.74, 6) is 4.61. The van der Waals surface area contributed by atoms with Crippen LogP contribution < -0.4 is 18.3 Å². The number of benzene rings is 9. The van der Waals surface area contributed by atoms with E-state index in [1.54, 1.807) is 0 Å². The van der Waals surface area contributed by atoms with Gasteiger partial charge in [-0.3, -0.25) is 0 Å². The number of aromatic nitrogens is 12. The number of fused-ring (bicyclic) bond motifs is 21. The molecule has 0 radical (unpaired) electrons. The summed E-state index contributed by atoms with van der Waals surface area (Å²) in [6.45, 7) is 32.0. The monoisotopic (exact) mass is 1790 g/mol. The molecule has 16 aromatic heterocycles. The van der Waals surface area contributed by atoms with E-state index in [-0.39, 0.29) is 0 Å². The van der Waals surface area contributed by atoms with Gasteiger partial charge in [0.25, 0.3) is 23.3 Å². The fourth-order valence-corrected chi connectivity index (χ4v) is 25.2. The van der Waals surface area contributed by atoms with Gasteiger partial charge in [0.1, 0.15) is 80.7 Å². The zero-order valence-corrected chi connectivity index (χ0v) is 79.9. The third-order valence-electron chi connectivity index (χ3n) is 26.1. The van der Waals surface area contributed by atoms with Crippen LogP contribution in [0.15, 0.2) is 255 Å². The van der Waals surface area contributed by atoms with E-state index in [1.165, 1.54) is 140 Å². The number of furan rings is 4. The first-order valence-electron chi connectivity index (χ1n) is 44.2. The van der Waals surface area contributed by atoms with Gasteiger partial charge in [-0.2, -0.15) is 18.3 Å². The molecule has 0 aliphatic heterocycles. The van der Waals surface area contributed by atoms with Gasteiger partial charge in [-0.25, -0.2) is 38.2 Å². The Morgan fingerprint density at radius 2 is 0.710 bits per heavy atom. The molecular weight excluding hydrogens is 1690 g/mol. The predicted octanol–water partition coefficient (Wildman–Crippen LogP) is 27.7. The molecule has 0 saturated carbocycles. The van der Waals surface area contributed by atoms with Gasteiger partial charge < -0.3 is 17.7 Å². The van der Waals surface area contributed by atoms with Crippen LogP contribution in [0.2, 0.25) is 0 Å². The Morgan fingerprint density at radius 3 is 1.27 bits per heavy atom. The van der Waals surface area contributed by atoms with Crippen LogP contribution in [0.1, 0.15) is 84.0 Å². The van der Waals surface area contributed by atoms with Gasteiger partial charge in [0.05, 0.1) is 89.9 Å². The summed E-state index contributed by atoms with van der Waals surface area (Å²) in [6, 6.07) is 71.1. The Labute approximate surface area is 772 Å². The number of rotatable bonds is 8. The maximum Gasteiger partial charge on any atom is 0.298 e. The summed E-state index contributed by atoms with van der Waals surface area (Å²) in [6.07, 6.45) is 12.9. The number of aryl methyl sites for hydroxylation is 19. The van der Waals surface area contributed by atoms with Crippen molar-refractivity contribution in [2.45, 2.75) is 104 Å². The summed E-state index contributed by atoms with van der Waals surface area (Å²) in [5, 5.41) is 8.97. The summed E-state index contributed by atoms with van der Waals surface area (Å²) in [5.41, 5.74) is 35.6. The number of imidazole rings is 4. The van der Waals surface area contributed by atoms with Crippen LogP contribution in [0.25, 0.3) is 205 Å². The summed E-state index contributed by atoms with van der Waals surface area (Å²) >= 11 is 7.44. The first-order valence-corrected chi connectivity index (χ1v) is 47.4. The quantitative estimate of drug-likeness (QED) is 0.137. The van der Waals surface area contributed by atoms with Crippen molar-refractivity contribution in [2.24, 2.45) is 28.2 Å². The number of thiophene rings is 4. The van der Waals surface area contributed by atoms with Crippen LogP contribution in [0.4, 0.5) is 0 Å².